The van der Waals surface area contributed by atoms with Gasteiger partial charge in [-0.1, -0.05) is 0 Å². The van der Waals surface area contributed by atoms with E-state index in [1.54, 1.807) is 0 Å². The molecule has 18 heteroatoms. The monoisotopic (exact) mass is 532 g/mol. The number of hydrogen-bond donors (Lipinski definition) is 1. The van der Waals surface area contributed by atoms with Crippen molar-refractivity contribution in [3.8, 4) is 0 Å². The summed E-state index contributed by atoms with van der Waals surface area (Å²) in [4.78, 5) is 22.1. The molecule has 0 atom stereocenters. The zero-order valence-corrected chi connectivity index (χ0v) is 17.1. The Labute approximate surface area is 182 Å². The van der Waals surface area contributed by atoms with Gasteiger partial charge >= 0.3 is 41.2 Å². The number of quaternary nitrogens is 1. The number of amides is 1. The van der Waals surface area contributed by atoms with Crippen LogP contribution in [0.2, 0.25) is 0 Å². The zero-order valence-electron chi connectivity index (χ0n) is 17.1. The molecule has 0 aliphatic heterocycles. The van der Waals surface area contributed by atoms with Crippen LogP contribution in [0.4, 0.5) is 57.1 Å². The number of aliphatic carboxylic acids is 1. The second kappa shape index (κ2) is 8.29. The van der Waals surface area contributed by atoms with Crippen molar-refractivity contribution in [3.63, 3.8) is 0 Å². The quantitative estimate of drug-likeness (QED) is 0.297. The van der Waals surface area contributed by atoms with Crippen molar-refractivity contribution in [2.45, 2.75) is 54.0 Å². The Bertz CT molecular complexity index is 782. The topological polar surface area (TPSA) is 69.2 Å². The van der Waals surface area contributed by atoms with Crippen LogP contribution in [0.15, 0.2) is 0 Å². The number of carbonyl (C=O) groups is 2. The Balaban J connectivity index is 3.30. The van der Waals surface area contributed by atoms with Gasteiger partial charge in [-0.2, -0.15) is 48.3 Å². The minimum absolute atomic E-state index is 0.131. The van der Waals surface area contributed by atoms with Crippen LogP contribution in [0.25, 0.3) is 0 Å². The average molecular weight is 532 g/mol. The first-order valence-corrected chi connectivity index (χ1v) is 9.05. The van der Waals surface area contributed by atoms with E-state index in [9.17, 15) is 71.8 Å². The number of halogens is 13. The summed E-state index contributed by atoms with van der Waals surface area (Å²) >= 11 is 0. The Kier molecular flexibility index (Phi) is 7.32. The van der Waals surface area contributed by atoms with Gasteiger partial charge in [0.25, 0.3) is 5.91 Å². The third-order valence-electron chi connectivity index (χ3n) is 5.37. The maximum Gasteiger partial charge on any atom is 0.435 e. The summed E-state index contributed by atoms with van der Waals surface area (Å²) in [6, 6.07) is 0. The first kappa shape index (κ1) is 30.0. The van der Waals surface area contributed by atoms with Crippen molar-refractivity contribution in [1.82, 2.24) is 5.32 Å². The van der Waals surface area contributed by atoms with Gasteiger partial charge in [-0.15, -0.1) is 0 Å². The van der Waals surface area contributed by atoms with Crippen molar-refractivity contribution in [3.05, 3.63) is 0 Å². The standard InChI is InChI=1S/C16H17F13N2O3/c1-31(2,7-4-8(32)33)6-3-5-30-9(34)10(17)12(19,20)14(23,24)11(18,16(27,28)29)15(25,26)13(10,21)22/h3-7H2,1-2H3,(H-,30,32,33,34). The maximum absolute atomic E-state index is 14.6. The molecular formula is C16H17F13N2O3. The van der Waals surface area contributed by atoms with Gasteiger partial charge in [-0.05, 0) is 0 Å². The lowest BCUT2D eigenvalue weighted by Crippen LogP contribution is -2.89. The predicted octanol–water partition coefficient (Wildman–Crippen LogP) is 2.24. The van der Waals surface area contributed by atoms with E-state index in [2.05, 4.69) is 0 Å². The van der Waals surface area contributed by atoms with Crippen LogP contribution < -0.4 is 10.4 Å². The lowest BCUT2D eigenvalue weighted by molar-refractivity contribution is -0.890. The molecule has 0 bridgehead atoms. The third-order valence-corrected chi connectivity index (χ3v) is 5.37. The number of carbonyl (C=O) groups excluding carboxylic acids is 2. The molecule has 1 aliphatic rings. The Morgan fingerprint density at radius 2 is 1.21 bits per heavy atom. The Morgan fingerprint density at radius 3 is 1.56 bits per heavy atom. The fourth-order valence-corrected chi connectivity index (χ4v) is 3.24. The fraction of sp³-hybridized carbons (Fsp3) is 0.875. The van der Waals surface area contributed by atoms with Crippen molar-refractivity contribution in [2.75, 3.05) is 33.7 Å². The number of alkyl halides is 13. The highest BCUT2D eigenvalue weighted by Crippen LogP contribution is 2.72. The summed E-state index contributed by atoms with van der Waals surface area (Å²) < 4.78 is 177. The molecule has 1 rings (SSSR count). The number of carboxylic acids is 1. The van der Waals surface area contributed by atoms with E-state index >= 15 is 0 Å². The van der Waals surface area contributed by atoms with Crippen molar-refractivity contribution in [2.24, 2.45) is 0 Å². The zero-order chi connectivity index (χ0) is 27.4. The molecule has 0 aromatic rings. The van der Waals surface area contributed by atoms with Crippen molar-refractivity contribution >= 4 is 11.9 Å². The molecule has 0 heterocycles. The van der Waals surface area contributed by atoms with Gasteiger partial charge in [0.1, 0.15) is 0 Å². The van der Waals surface area contributed by atoms with Crippen LogP contribution in [0.5, 0.6) is 0 Å². The van der Waals surface area contributed by atoms with E-state index in [-0.39, 0.29) is 17.6 Å². The lowest BCUT2D eigenvalue weighted by Gasteiger charge is -2.54. The first-order chi connectivity index (χ1) is 14.8. The third kappa shape index (κ3) is 3.84. The molecule has 200 valence electrons. The molecule has 0 unspecified atom stereocenters. The molecule has 0 spiro atoms. The number of hydrogen-bond acceptors (Lipinski definition) is 3. The summed E-state index contributed by atoms with van der Waals surface area (Å²) in [6.45, 7) is -1.46. The van der Waals surface area contributed by atoms with Gasteiger partial charge in [-0.3, -0.25) is 4.79 Å². The van der Waals surface area contributed by atoms with E-state index in [1.165, 1.54) is 14.1 Å². The second-order valence-electron chi connectivity index (χ2n) is 8.23. The summed E-state index contributed by atoms with van der Waals surface area (Å²) in [6.07, 6.45) is -8.74. The molecular weight excluding hydrogens is 515 g/mol. The number of carboxylic acid groups (broad SMARTS) is 1. The fourth-order valence-electron chi connectivity index (χ4n) is 3.24. The van der Waals surface area contributed by atoms with E-state index in [0.29, 0.717) is 0 Å². The van der Waals surface area contributed by atoms with Crippen LogP contribution in [-0.2, 0) is 9.59 Å². The van der Waals surface area contributed by atoms with Gasteiger partial charge in [-0.25, -0.2) is 8.78 Å². The van der Waals surface area contributed by atoms with Crippen LogP contribution in [-0.4, -0.2) is 91.3 Å². The molecule has 0 saturated heterocycles. The van der Waals surface area contributed by atoms with Crippen LogP contribution in [0.3, 0.4) is 0 Å². The van der Waals surface area contributed by atoms with Crippen molar-refractivity contribution < 1.29 is 76.3 Å². The molecule has 1 amide bonds. The molecule has 1 fully saturated rings. The molecule has 0 aromatic carbocycles. The number of nitrogens with zero attached hydrogens (tertiary/aromatic N) is 1. The molecule has 34 heavy (non-hydrogen) atoms. The minimum atomic E-state index is -7.95. The summed E-state index contributed by atoms with van der Waals surface area (Å²) in [5.74, 6) is -36.0. The smallest absolute Gasteiger partial charge is 0.435 e. The lowest BCUT2D eigenvalue weighted by atomic mass is 9.66. The van der Waals surface area contributed by atoms with Crippen LogP contribution >= 0.6 is 0 Å². The van der Waals surface area contributed by atoms with Crippen LogP contribution in [0.1, 0.15) is 12.8 Å². The molecule has 1 saturated carbocycles. The first-order valence-electron chi connectivity index (χ1n) is 9.05. The molecule has 0 radical (unpaired) electrons. The Morgan fingerprint density at radius 1 is 0.794 bits per heavy atom. The normalized spacial score (nSPS) is 30.0. The van der Waals surface area contributed by atoms with Gasteiger partial charge in [0.05, 0.1) is 27.2 Å². The number of rotatable bonds is 8. The largest absolute Gasteiger partial charge is 0.550 e. The molecule has 1 aliphatic carbocycles. The SMILES string of the molecule is C[N+](C)(CCCNC(=O)C1(F)C(F)(F)C(F)(F)C(F)(C(F)(F)F)C(F)(F)C1(F)F)CCC(=O)[O-]. The van der Waals surface area contributed by atoms with Gasteiger partial charge in [0, 0.05) is 25.4 Å². The van der Waals surface area contributed by atoms with Crippen molar-refractivity contribution in [1.29, 1.82) is 0 Å². The highest BCUT2D eigenvalue weighted by Gasteiger charge is 3.06. The van der Waals surface area contributed by atoms with E-state index < -0.39 is 72.5 Å². The molecule has 1 N–H and O–H groups in total. The van der Waals surface area contributed by atoms with E-state index in [1.807, 2.05) is 0 Å². The number of nitrogens with one attached hydrogen (secondary N) is 1. The molecule has 0 aromatic heterocycles. The van der Waals surface area contributed by atoms with Gasteiger partial charge in [0.2, 0.25) is 0 Å². The van der Waals surface area contributed by atoms with E-state index in [0.717, 1.165) is 5.32 Å². The van der Waals surface area contributed by atoms with Gasteiger partial charge < -0.3 is 19.7 Å². The second-order valence-corrected chi connectivity index (χ2v) is 8.23. The molecule has 5 nitrogen and oxygen atoms in total. The maximum atomic E-state index is 14.6. The minimum Gasteiger partial charge on any atom is -0.550 e. The highest BCUT2D eigenvalue weighted by atomic mass is 19.4. The average Bonchev–Trinajstić information content (AvgIpc) is 2.65. The van der Waals surface area contributed by atoms with Gasteiger partial charge in [0.15, 0.2) is 0 Å². The predicted molar refractivity (Wildman–Crippen MR) is 82.6 cm³/mol. The van der Waals surface area contributed by atoms with E-state index in [4.69, 9.17) is 0 Å². The summed E-state index contributed by atoms with van der Waals surface area (Å²) in [5.41, 5.74) is -15.0. The summed E-state index contributed by atoms with van der Waals surface area (Å²) in [7, 11) is 2.73. The summed E-state index contributed by atoms with van der Waals surface area (Å²) in [5, 5.41) is 11.3. The highest BCUT2D eigenvalue weighted by molar-refractivity contribution is 5.89. The Hall–Kier alpha value is -2.01. The van der Waals surface area contributed by atoms with Crippen LogP contribution in [0, 0.1) is 0 Å².